The first-order valence-corrected chi connectivity index (χ1v) is 4.82. The van der Waals surface area contributed by atoms with Crippen molar-refractivity contribution in [3.63, 3.8) is 0 Å². The number of anilines is 2. The van der Waals surface area contributed by atoms with Crippen LogP contribution < -0.4 is 10.2 Å². The van der Waals surface area contributed by atoms with Crippen LogP contribution in [0.25, 0.3) is 0 Å². The number of phenols is 1. The minimum absolute atomic E-state index is 0.0336. The number of nitrogens with one attached hydrogen (secondary N) is 1. The standard InChI is InChI=1S/C11H16N2O/c1-11(2)7-12-8-5-4-6-9(14)10(8)13(11)3/h4-6,12,14H,7H2,1-3H3. The Morgan fingerprint density at radius 1 is 1.43 bits per heavy atom. The lowest BCUT2D eigenvalue weighted by Gasteiger charge is -2.43. The number of phenolic OH excluding ortho intramolecular Hbond substituents is 1. The normalized spacial score (nSPS) is 18.6. The summed E-state index contributed by atoms with van der Waals surface area (Å²) in [4.78, 5) is 2.12. The first kappa shape index (κ1) is 9.19. The van der Waals surface area contributed by atoms with Crippen molar-refractivity contribution in [2.24, 2.45) is 0 Å². The Bertz CT molecular complexity index is 360. The molecule has 0 fully saturated rings. The fourth-order valence-electron chi connectivity index (χ4n) is 1.76. The van der Waals surface area contributed by atoms with Gasteiger partial charge in [-0.3, -0.25) is 0 Å². The lowest BCUT2D eigenvalue weighted by Crippen LogP contribution is -2.49. The van der Waals surface area contributed by atoms with Gasteiger partial charge in [0.15, 0.2) is 0 Å². The van der Waals surface area contributed by atoms with E-state index in [-0.39, 0.29) is 5.54 Å². The van der Waals surface area contributed by atoms with Crippen molar-refractivity contribution in [1.29, 1.82) is 0 Å². The highest BCUT2D eigenvalue weighted by Gasteiger charge is 2.31. The molecular formula is C11H16N2O. The zero-order chi connectivity index (χ0) is 10.3. The molecule has 0 atom stereocenters. The van der Waals surface area contributed by atoms with E-state index < -0.39 is 0 Å². The summed E-state index contributed by atoms with van der Waals surface area (Å²) < 4.78 is 0. The van der Waals surface area contributed by atoms with Gasteiger partial charge in [0.1, 0.15) is 11.4 Å². The number of hydrogen-bond donors (Lipinski definition) is 2. The third-order valence-electron chi connectivity index (χ3n) is 2.97. The van der Waals surface area contributed by atoms with Crippen LogP contribution >= 0.6 is 0 Å². The van der Waals surface area contributed by atoms with Crippen molar-refractivity contribution in [2.75, 3.05) is 23.8 Å². The predicted octanol–water partition coefficient (Wildman–Crippen LogP) is 2.03. The van der Waals surface area contributed by atoms with Gasteiger partial charge in [-0.15, -0.1) is 0 Å². The number of fused-ring (bicyclic) bond motifs is 1. The quantitative estimate of drug-likeness (QED) is 0.660. The molecular weight excluding hydrogens is 176 g/mol. The molecule has 1 aliphatic heterocycles. The molecule has 1 aromatic carbocycles. The van der Waals surface area contributed by atoms with Crippen molar-refractivity contribution < 1.29 is 5.11 Å². The lowest BCUT2D eigenvalue weighted by molar-refractivity contribution is 0.454. The average molecular weight is 192 g/mol. The topological polar surface area (TPSA) is 35.5 Å². The van der Waals surface area contributed by atoms with Gasteiger partial charge in [-0.05, 0) is 26.0 Å². The summed E-state index contributed by atoms with van der Waals surface area (Å²) in [6, 6.07) is 5.56. The second-order valence-corrected chi connectivity index (χ2v) is 4.40. The maximum atomic E-state index is 9.78. The lowest BCUT2D eigenvalue weighted by atomic mass is 9.98. The molecule has 0 bridgehead atoms. The zero-order valence-electron chi connectivity index (χ0n) is 8.83. The Morgan fingerprint density at radius 3 is 2.86 bits per heavy atom. The molecule has 0 saturated heterocycles. The summed E-state index contributed by atoms with van der Waals surface area (Å²) >= 11 is 0. The molecule has 0 aromatic heterocycles. The van der Waals surface area contributed by atoms with Crippen LogP contribution in [0.1, 0.15) is 13.8 Å². The second kappa shape index (κ2) is 2.80. The van der Waals surface area contributed by atoms with E-state index in [9.17, 15) is 5.11 Å². The fraction of sp³-hybridized carbons (Fsp3) is 0.455. The number of hydrogen-bond acceptors (Lipinski definition) is 3. The van der Waals surface area contributed by atoms with Gasteiger partial charge in [0.2, 0.25) is 0 Å². The van der Waals surface area contributed by atoms with Gasteiger partial charge in [-0.25, -0.2) is 0 Å². The number of para-hydroxylation sites is 1. The highest BCUT2D eigenvalue weighted by Crippen LogP contribution is 2.40. The first-order valence-electron chi connectivity index (χ1n) is 4.82. The molecule has 0 saturated carbocycles. The van der Waals surface area contributed by atoms with Gasteiger partial charge in [-0.1, -0.05) is 6.07 Å². The second-order valence-electron chi connectivity index (χ2n) is 4.40. The third kappa shape index (κ3) is 1.20. The molecule has 0 spiro atoms. The Morgan fingerprint density at radius 2 is 2.14 bits per heavy atom. The predicted molar refractivity (Wildman–Crippen MR) is 59.1 cm³/mol. The summed E-state index contributed by atoms with van der Waals surface area (Å²) in [6.07, 6.45) is 0. The summed E-state index contributed by atoms with van der Waals surface area (Å²) in [6.45, 7) is 5.19. The number of rotatable bonds is 0. The first-order chi connectivity index (χ1) is 6.52. The van der Waals surface area contributed by atoms with Gasteiger partial charge in [0.05, 0.1) is 11.2 Å². The Balaban J connectivity index is 2.54. The molecule has 76 valence electrons. The largest absolute Gasteiger partial charge is 0.506 e. The minimum atomic E-state index is 0.0336. The van der Waals surface area contributed by atoms with Crippen LogP contribution in [0.2, 0.25) is 0 Å². The van der Waals surface area contributed by atoms with E-state index >= 15 is 0 Å². The number of benzene rings is 1. The maximum Gasteiger partial charge on any atom is 0.141 e. The molecule has 0 aliphatic carbocycles. The fourth-order valence-corrected chi connectivity index (χ4v) is 1.76. The van der Waals surface area contributed by atoms with Gasteiger partial charge < -0.3 is 15.3 Å². The van der Waals surface area contributed by atoms with Crippen LogP contribution in [0, 0.1) is 0 Å². The summed E-state index contributed by atoms with van der Waals surface area (Å²) in [5, 5.41) is 13.1. The molecule has 1 aliphatic rings. The molecule has 0 unspecified atom stereocenters. The summed E-state index contributed by atoms with van der Waals surface area (Å²) in [5.41, 5.74) is 1.93. The molecule has 1 heterocycles. The van der Waals surface area contributed by atoms with Crippen LogP contribution in [0.15, 0.2) is 18.2 Å². The molecule has 0 radical (unpaired) electrons. The highest BCUT2D eigenvalue weighted by molar-refractivity contribution is 5.79. The molecule has 3 heteroatoms. The van der Waals surface area contributed by atoms with Crippen molar-refractivity contribution >= 4 is 11.4 Å². The van der Waals surface area contributed by atoms with E-state index in [0.29, 0.717) is 5.75 Å². The van der Waals surface area contributed by atoms with Crippen molar-refractivity contribution in [1.82, 2.24) is 0 Å². The third-order valence-corrected chi connectivity index (χ3v) is 2.97. The van der Waals surface area contributed by atoms with Crippen LogP contribution in [0.3, 0.4) is 0 Å². The monoisotopic (exact) mass is 192 g/mol. The van der Waals surface area contributed by atoms with E-state index in [4.69, 9.17) is 0 Å². The number of aromatic hydroxyl groups is 1. The van der Waals surface area contributed by atoms with Crippen molar-refractivity contribution in [2.45, 2.75) is 19.4 Å². The van der Waals surface area contributed by atoms with Crippen molar-refractivity contribution in [3.8, 4) is 5.75 Å². The van der Waals surface area contributed by atoms with E-state index in [1.807, 2.05) is 19.2 Å². The van der Waals surface area contributed by atoms with Crippen LogP contribution in [-0.2, 0) is 0 Å². The number of nitrogens with zero attached hydrogens (tertiary/aromatic N) is 1. The highest BCUT2D eigenvalue weighted by atomic mass is 16.3. The van der Waals surface area contributed by atoms with E-state index in [1.54, 1.807) is 6.07 Å². The van der Waals surface area contributed by atoms with Crippen LogP contribution in [-0.4, -0.2) is 24.2 Å². The molecule has 3 nitrogen and oxygen atoms in total. The van der Waals surface area contributed by atoms with E-state index in [2.05, 4.69) is 24.1 Å². The molecule has 14 heavy (non-hydrogen) atoms. The Kier molecular flexibility index (Phi) is 1.84. The molecule has 2 rings (SSSR count). The van der Waals surface area contributed by atoms with Gasteiger partial charge in [-0.2, -0.15) is 0 Å². The summed E-state index contributed by atoms with van der Waals surface area (Å²) in [7, 11) is 2.01. The minimum Gasteiger partial charge on any atom is -0.506 e. The van der Waals surface area contributed by atoms with Gasteiger partial charge >= 0.3 is 0 Å². The van der Waals surface area contributed by atoms with E-state index in [1.165, 1.54) is 0 Å². The Hall–Kier alpha value is -1.38. The number of likely N-dealkylation sites (N-methyl/N-ethyl adjacent to an activating group) is 1. The zero-order valence-corrected chi connectivity index (χ0v) is 8.83. The molecule has 0 amide bonds. The smallest absolute Gasteiger partial charge is 0.141 e. The average Bonchev–Trinajstić information content (AvgIpc) is 2.12. The summed E-state index contributed by atoms with van der Waals surface area (Å²) in [5.74, 6) is 0.338. The Labute approximate surface area is 84.4 Å². The van der Waals surface area contributed by atoms with E-state index in [0.717, 1.165) is 17.9 Å². The SMILES string of the molecule is CN1c2c(O)cccc2NCC1(C)C. The van der Waals surface area contributed by atoms with Crippen molar-refractivity contribution in [3.05, 3.63) is 18.2 Å². The molecule has 2 N–H and O–H groups in total. The van der Waals surface area contributed by atoms with Gasteiger partial charge in [0, 0.05) is 13.6 Å². The molecule has 1 aromatic rings. The van der Waals surface area contributed by atoms with Crippen LogP contribution in [0.4, 0.5) is 11.4 Å². The van der Waals surface area contributed by atoms with Crippen LogP contribution in [0.5, 0.6) is 5.75 Å². The van der Waals surface area contributed by atoms with Gasteiger partial charge in [0.25, 0.3) is 0 Å². The maximum absolute atomic E-state index is 9.78.